The predicted octanol–water partition coefficient (Wildman–Crippen LogP) is -2.51. The monoisotopic (exact) mass is 367 g/mol. The van der Waals surface area contributed by atoms with Crippen LogP contribution in [0.4, 0.5) is 0 Å². The van der Waals surface area contributed by atoms with E-state index in [0.717, 1.165) is 6.42 Å². The summed E-state index contributed by atoms with van der Waals surface area (Å²) in [5, 5.41) is 41.2. The SMILES string of the molecule is CC1(C)O[C@@H]2[C@H](O1)[C@H](OCCO)C[C@@H]2N.O=C(O)[C@H](O)[C@@H](O)C(=O)O. The van der Waals surface area contributed by atoms with E-state index in [4.69, 9.17) is 45.5 Å². The fourth-order valence-electron chi connectivity index (χ4n) is 2.61. The number of ether oxygens (including phenoxy) is 3. The molecule has 0 radical (unpaired) electrons. The van der Waals surface area contributed by atoms with Crippen LogP contribution in [0.15, 0.2) is 0 Å². The van der Waals surface area contributed by atoms with Crippen molar-refractivity contribution in [2.45, 2.75) is 62.6 Å². The molecule has 0 amide bonds. The van der Waals surface area contributed by atoms with Crippen LogP contribution < -0.4 is 5.73 Å². The van der Waals surface area contributed by atoms with Crippen molar-refractivity contribution in [3.8, 4) is 0 Å². The highest BCUT2D eigenvalue weighted by molar-refractivity contribution is 5.83. The van der Waals surface area contributed by atoms with E-state index in [1.807, 2.05) is 13.8 Å². The molecule has 1 saturated heterocycles. The number of aliphatic carboxylic acids is 2. The number of aliphatic hydroxyl groups excluding tert-OH is 3. The van der Waals surface area contributed by atoms with Gasteiger partial charge in [0.25, 0.3) is 0 Å². The predicted molar refractivity (Wildman–Crippen MR) is 80.5 cm³/mol. The molecule has 146 valence electrons. The second-order valence-electron chi connectivity index (χ2n) is 6.16. The summed E-state index contributed by atoms with van der Waals surface area (Å²) in [7, 11) is 0. The highest BCUT2D eigenvalue weighted by Gasteiger charge is 2.53. The lowest BCUT2D eigenvalue weighted by Gasteiger charge is -2.22. The molecule has 0 bridgehead atoms. The minimum absolute atomic E-state index is 0.0212. The first-order chi connectivity index (χ1) is 11.5. The molecule has 2 rings (SSSR count). The maximum atomic E-state index is 9.77. The van der Waals surface area contributed by atoms with Gasteiger partial charge in [0, 0.05) is 6.04 Å². The summed E-state index contributed by atoms with van der Waals surface area (Å²) in [6.07, 6.45) is -4.04. The normalized spacial score (nSPS) is 32.2. The lowest BCUT2D eigenvalue weighted by molar-refractivity contribution is -0.168. The second kappa shape index (κ2) is 8.85. The third-order valence-corrected chi connectivity index (χ3v) is 3.68. The van der Waals surface area contributed by atoms with E-state index in [-0.39, 0.29) is 31.0 Å². The molecular weight excluding hydrogens is 342 g/mol. The molecule has 11 heteroatoms. The Bertz CT molecular complexity index is 453. The first kappa shape index (κ1) is 21.7. The van der Waals surface area contributed by atoms with Crippen LogP contribution in [0, 0.1) is 0 Å². The van der Waals surface area contributed by atoms with Crippen LogP contribution in [-0.2, 0) is 23.8 Å². The van der Waals surface area contributed by atoms with Crippen molar-refractivity contribution in [3.05, 3.63) is 0 Å². The Balaban J connectivity index is 0.000000275. The van der Waals surface area contributed by atoms with Crippen molar-refractivity contribution >= 4 is 11.9 Å². The Hall–Kier alpha value is -1.34. The molecule has 0 unspecified atom stereocenters. The highest BCUT2D eigenvalue weighted by atomic mass is 16.8. The highest BCUT2D eigenvalue weighted by Crippen LogP contribution is 2.38. The summed E-state index contributed by atoms with van der Waals surface area (Å²) in [6, 6.07) is -0.0412. The molecule has 25 heavy (non-hydrogen) atoms. The van der Waals surface area contributed by atoms with Crippen molar-refractivity contribution in [2.75, 3.05) is 13.2 Å². The molecule has 1 aliphatic heterocycles. The van der Waals surface area contributed by atoms with E-state index < -0.39 is 29.9 Å². The number of hydrogen-bond donors (Lipinski definition) is 6. The lowest BCUT2D eigenvalue weighted by Crippen LogP contribution is -2.39. The molecule has 2 aliphatic rings. The van der Waals surface area contributed by atoms with Gasteiger partial charge in [-0.2, -0.15) is 0 Å². The molecule has 0 spiro atoms. The Morgan fingerprint density at radius 3 is 2.08 bits per heavy atom. The maximum Gasteiger partial charge on any atom is 0.335 e. The minimum Gasteiger partial charge on any atom is -0.479 e. The van der Waals surface area contributed by atoms with Crippen LogP contribution in [0.2, 0.25) is 0 Å². The summed E-state index contributed by atoms with van der Waals surface area (Å²) < 4.78 is 16.9. The van der Waals surface area contributed by atoms with Crippen molar-refractivity contribution in [1.82, 2.24) is 0 Å². The van der Waals surface area contributed by atoms with Crippen LogP contribution in [0.1, 0.15) is 20.3 Å². The van der Waals surface area contributed by atoms with Crippen molar-refractivity contribution in [2.24, 2.45) is 5.73 Å². The first-order valence-electron chi connectivity index (χ1n) is 7.65. The number of fused-ring (bicyclic) bond motifs is 1. The summed E-state index contributed by atoms with van der Waals surface area (Å²) in [5.41, 5.74) is 5.96. The van der Waals surface area contributed by atoms with Gasteiger partial charge in [0.2, 0.25) is 0 Å². The van der Waals surface area contributed by atoms with Crippen molar-refractivity contribution in [1.29, 1.82) is 0 Å². The first-order valence-corrected chi connectivity index (χ1v) is 7.65. The standard InChI is InChI=1S/C10H19NO4.C4H6O6/c1-10(2)14-8-6(11)5-7(9(8)15-10)13-4-3-12;5-1(3(7)8)2(6)4(9)10/h6-9,12H,3-5,11H2,1-2H3;1-2,5-6H,(H,7,8)(H,9,10)/t6-,7+,8-,9+;1-,2-/m01/s1. The second-order valence-corrected chi connectivity index (χ2v) is 6.16. The van der Waals surface area contributed by atoms with Crippen LogP contribution in [0.5, 0.6) is 0 Å². The van der Waals surface area contributed by atoms with E-state index >= 15 is 0 Å². The molecule has 0 aromatic rings. The topological polar surface area (TPSA) is 189 Å². The molecule has 2 fully saturated rings. The summed E-state index contributed by atoms with van der Waals surface area (Å²) in [6.45, 7) is 4.10. The van der Waals surface area contributed by atoms with E-state index in [9.17, 15) is 9.59 Å². The van der Waals surface area contributed by atoms with E-state index in [0.29, 0.717) is 6.61 Å². The molecule has 11 nitrogen and oxygen atoms in total. The zero-order valence-corrected chi connectivity index (χ0v) is 13.9. The van der Waals surface area contributed by atoms with Crippen molar-refractivity contribution in [3.63, 3.8) is 0 Å². The number of carbonyl (C=O) groups is 2. The van der Waals surface area contributed by atoms with Gasteiger partial charge in [0.15, 0.2) is 18.0 Å². The van der Waals surface area contributed by atoms with Gasteiger partial charge in [-0.1, -0.05) is 0 Å². The van der Waals surface area contributed by atoms with Gasteiger partial charge < -0.3 is 45.5 Å². The lowest BCUT2D eigenvalue weighted by atomic mass is 10.2. The number of carboxylic acid groups (broad SMARTS) is 2. The average molecular weight is 367 g/mol. The molecule has 1 saturated carbocycles. The van der Waals surface area contributed by atoms with Gasteiger partial charge in [0.1, 0.15) is 12.2 Å². The Morgan fingerprint density at radius 2 is 1.64 bits per heavy atom. The van der Waals surface area contributed by atoms with E-state index in [2.05, 4.69) is 0 Å². The fraction of sp³-hybridized carbons (Fsp3) is 0.857. The zero-order valence-electron chi connectivity index (χ0n) is 13.9. The van der Waals surface area contributed by atoms with E-state index in [1.165, 1.54) is 0 Å². The smallest absolute Gasteiger partial charge is 0.335 e. The summed E-state index contributed by atoms with van der Waals surface area (Å²) in [5.74, 6) is -4.11. The Labute approximate surface area is 143 Å². The molecule has 0 aromatic heterocycles. The number of rotatable bonds is 6. The van der Waals surface area contributed by atoms with Gasteiger partial charge in [-0.25, -0.2) is 9.59 Å². The quantitative estimate of drug-likeness (QED) is 0.291. The van der Waals surface area contributed by atoms with Crippen LogP contribution in [0.25, 0.3) is 0 Å². The van der Waals surface area contributed by atoms with Crippen LogP contribution in [-0.4, -0.2) is 93.0 Å². The number of hydrogen-bond acceptors (Lipinski definition) is 9. The largest absolute Gasteiger partial charge is 0.479 e. The third kappa shape index (κ3) is 5.85. The van der Waals surface area contributed by atoms with Gasteiger partial charge >= 0.3 is 11.9 Å². The summed E-state index contributed by atoms with van der Waals surface area (Å²) in [4.78, 5) is 19.5. The van der Waals surface area contributed by atoms with Gasteiger partial charge in [-0.15, -0.1) is 0 Å². The Morgan fingerprint density at radius 1 is 1.16 bits per heavy atom. The molecule has 6 atom stereocenters. The molecular formula is C14H25NO10. The third-order valence-electron chi connectivity index (χ3n) is 3.68. The van der Waals surface area contributed by atoms with Gasteiger partial charge in [-0.3, -0.25) is 0 Å². The molecule has 7 N–H and O–H groups in total. The number of aliphatic hydroxyl groups is 3. The zero-order chi connectivity index (χ0) is 19.4. The maximum absolute atomic E-state index is 9.77. The number of carboxylic acids is 2. The van der Waals surface area contributed by atoms with Crippen LogP contribution >= 0.6 is 0 Å². The average Bonchev–Trinajstić information content (AvgIpc) is 2.98. The van der Waals surface area contributed by atoms with E-state index in [1.54, 1.807) is 0 Å². The molecule has 1 aliphatic carbocycles. The summed E-state index contributed by atoms with van der Waals surface area (Å²) >= 11 is 0. The van der Waals surface area contributed by atoms with Gasteiger partial charge in [-0.05, 0) is 20.3 Å². The Kier molecular flexibility index (Phi) is 7.68. The molecule has 0 aromatic carbocycles. The molecule has 1 heterocycles. The van der Waals surface area contributed by atoms with Gasteiger partial charge in [0.05, 0.1) is 19.3 Å². The number of nitrogens with two attached hydrogens (primary N) is 1. The minimum atomic E-state index is -2.27. The van der Waals surface area contributed by atoms with Crippen LogP contribution in [0.3, 0.4) is 0 Å². The van der Waals surface area contributed by atoms with Crippen molar-refractivity contribution < 1.29 is 49.3 Å². The fourth-order valence-corrected chi connectivity index (χ4v) is 2.61.